The molecule has 172 valence electrons. The molecule has 2 rings (SSSR count). The molecule has 0 bridgehead atoms. The van der Waals surface area contributed by atoms with Crippen LogP contribution in [0.4, 0.5) is 0 Å². The second-order valence-electron chi connectivity index (χ2n) is 7.46. The number of unbranched alkanes of at least 4 members (excludes halogenated alkanes) is 2. The van der Waals surface area contributed by atoms with Crippen LogP contribution in [0.5, 0.6) is 5.75 Å². The lowest BCUT2D eigenvalue weighted by molar-refractivity contribution is -0.154. The molecular formula is C24H31N3O5. The van der Waals surface area contributed by atoms with E-state index in [0.29, 0.717) is 17.0 Å². The number of carbonyl (C=O) groups is 3. The van der Waals surface area contributed by atoms with Crippen LogP contribution in [-0.2, 0) is 9.59 Å². The van der Waals surface area contributed by atoms with Crippen LogP contribution in [0.25, 0.3) is 11.1 Å². The van der Waals surface area contributed by atoms with Crippen molar-refractivity contribution in [2.45, 2.75) is 32.6 Å². The van der Waals surface area contributed by atoms with E-state index in [0.717, 1.165) is 36.1 Å². The van der Waals surface area contributed by atoms with Crippen molar-refractivity contribution in [1.82, 2.24) is 15.7 Å². The zero-order valence-corrected chi connectivity index (χ0v) is 18.5. The monoisotopic (exact) mass is 441 g/mol. The van der Waals surface area contributed by atoms with Crippen LogP contribution in [0, 0.1) is 5.92 Å². The Morgan fingerprint density at radius 2 is 1.81 bits per heavy atom. The number of hydroxylamine groups is 2. The van der Waals surface area contributed by atoms with Gasteiger partial charge in [-0.25, -0.2) is 5.06 Å². The van der Waals surface area contributed by atoms with Gasteiger partial charge in [0.15, 0.2) is 0 Å². The molecule has 0 aliphatic heterocycles. The van der Waals surface area contributed by atoms with Gasteiger partial charge in [0.25, 0.3) is 5.91 Å². The van der Waals surface area contributed by atoms with Gasteiger partial charge >= 0.3 is 0 Å². The van der Waals surface area contributed by atoms with Crippen LogP contribution < -0.4 is 15.4 Å². The normalized spacial score (nSPS) is 11.3. The Morgan fingerprint density at radius 1 is 1.09 bits per heavy atom. The van der Waals surface area contributed by atoms with Crippen molar-refractivity contribution >= 4 is 18.2 Å². The van der Waals surface area contributed by atoms with Crippen LogP contribution in [-0.4, -0.2) is 48.8 Å². The highest BCUT2D eigenvalue weighted by molar-refractivity contribution is 5.95. The molecule has 0 unspecified atom stereocenters. The minimum Gasteiger partial charge on any atom is -0.497 e. The fourth-order valence-corrected chi connectivity index (χ4v) is 3.32. The van der Waals surface area contributed by atoms with E-state index in [1.54, 1.807) is 25.3 Å². The second-order valence-corrected chi connectivity index (χ2v) is 7.46. The summed E-state index contributed by atoms with van der Waals surface area (Å²) in [7, 11) is 1.60. The van der Waals surface area contributed by atoms with E-state index in [2.05, 4.69) is 17.6 Å². The topological polar surface area (TPSA) is 108 Å². The lowest BCUT2D eigenvalue weighted by Gasteiger charge is -2.19. The summed E-state index contributed by atoms with van der Waals surface area (Å²) in [4.78, 5) is 35.7. The van der Waals surface area contributed by atoms with E-state index in [-0.39, 0.29) is 31.4 Å². The number of hydrogen-bond acceptors (Lipinski definition) is 5. The highest BCUT2D eigenvalue weighted by Crippen LogP contribution is 2.24. The van der Waals surface area contributed by atoms with Crippen molar-refractivity contribution in [2.24, 2.45) is 5.92 Å². The van der Waals surface area contributed by atoms with Crippen molar-refractivity contribution in [3.8, 4) is 16.9 Å². The first kappa shape index (κ1) is 24.9. The van der Waals surface area contributed by atoms with Gasteiger partial charge in [0.05, 0.1) is 26.2 Å². The molecule has 8 nitrogen and oxygen atoms in total. The first-order valence-electron chi connectivity index (χ1n) is 10.7. The van der Waals surface area contributed by atoms with E-state index in [9.17, 15) is 19.6 Å². The van der Waals surface area contributed by atoms with Crippen LogP contribution in [0.15, 0.2) is 48.5 Å². The number of methoxy groups -OCH3 is 1. The van der Waals surface area contributed by atoms with Gasteiger partial charge in [0, 0.05) is 5.56 Å². The Labute approximate surface area is 188 Å². The molecule has 0 saturated carbocycles. The van der Waals surface area contributed by atoms with E-state index in [1.807, 2.05) is 30.3 Å². The van der Waals surface area contributed by atoms with Crippen molar-refractivity contribution in [2.75, 3.05) is 20.3 Å². The van der Waals surface area contributed by atoms with Crippen LogP contribution in [0.1, 0.15) is 43.0 Å². The van der Waals surface area contributed by atoms with Crippen LogP contribution in [0.3, 0.4) is 0 Å². The lowest BCUT2D eigenvalue weighted by Crippen LogP contribution is -2.43. The molecule has 0 aromatic heterocycles. The summed E-state index contributed by atoms with van der Waals surface area (Å²) >= 11 is 0. The molecule has 0 fully saturated rings. The van der Waals surface area contributed by atoms with Gasteiger partial charge in [0.2, 0.25) is 12.3 Å². The van der Waals surface area contributed by atoms with Crippen molar-refractivity contribution in [3.63, 3.8) is 0 Å². The molecular weight excluding hydrogens is 410 g/mol. The number of ether oxygens (including phenoxy) is 1. The summed E-state index contributed by atoms with van der Waals surface area (Å²) in [5, 5.41) is 15.3. The maximum atomic E-state index is 12.6. The summed E-state index contributed by atoms with van der Waals surface area (Å²) in [6, 6.07) is 14.7. The van der Waals surface area contributed by atoms with Gasteiger partial charge in [0.1, 0.15) is 5.75 Å². The molecule has 3 amide bonds. The second kappa shape index (κ2) is 13.1. The predicted molar refractivity (Wildman–Crippen MR) is 121 cm³/mol. The van der Waals surface area contributed by atoms with Gasteiger partial charge in [-0.3, -0.25) is 19.6 Å². The molecule has 0 heterocycles. The molecule has 2 aromatic rings. The lowest BCUT2D eigenvalue weighted by atomic mass is 10.0. The SMILES string of the molecule is CCCCC[C@H](CN(O)C=O)C(=O)NCNC(=O)c1cccc(-c2cccc(OC)c2)c1. The molecule has 0 spiro atoms. The minimum absolute atomic E-state index is 0.0577. The average molecular weight is 442 g/mol. The molecule has 0 aliphatic rings. The van der Waals surface area contributed by atoms with Crippen molar-refractivity contribution in [1.29, 1.82) is 0 Å². The van der Waals surface area contributed by atoms with E-state index in [4.69, 9.17) is 4.74 Å². The number of hydrogen-bond donors (Lipinski definition) is 3. The zero-order chi connectivity index (χ0) is 23.3. The maximum Gasteiger partial charge on any atom is 0.252 e. The number of nitrogens with zero attached hydrogens (tertiary/aromatic N) is 1. The molecule has 0 radical (unpaired) electrons. The fourth-order valence-electron chi connectivity index (χ4n) is 3.32. The van der Waals surface area contributed by atoms with E-state index in [1.165, 1.54) is 0 Å². The van der Waals surface area contributed by atoms with Crippen molar-refractivity contribution < 1.29 is 24.3 Å². The maximum absolute atomic E-state index is 12.6. The highest BCUT2D eigenvalue weighted by atomic mass is 16.5. The third-order valence-corrected chi connectivity index (χ3v) is 5.10. The van der Waals surface area contributed by atoms with E-state index < -0.39 is 5.92 Å². The Balaban J connectivity index is 1.94. The third kappa shape index (κ3) is 7.70. The Kier molecular flexibility index (Phi) is 10.2. The Hall–Kier alpha value is -3.39. The quantitative estimate of drug-likeness (QED) is 0.145. The molecule has 3 N–H and O–H groups in total. The fraction of sp³-hybridized carbons (Fsp3) is 0.375. The summed E-state index contributed by atoms with van der Waals surface area (Å²) in [6.45, 7) is 1.91. The first-order chi connectivity index (χ1) is 15.5. The third-order valence-electron chi connectivity index (χ3n) is 5.10. The van der Waals surface area contributed by atoms with Gasteiger partial charge in [-0.15, -0.1) is 0 Å². The van der Waals surface area contributed by atoms with Crippen LogP contribution in [0.2, 0.25) is 0 Å². The molecule has 32 heavy (non-hydrogen) atoms. The number of benzene rings is 2. The molecule has 2 aromatic carbocycles. The smallest absolute Gasteiger partial charge is 0.252 e. The van der Waals surface area contributed by atoms with Crippen LogP contribution >= 0.6 is 0 Å². The largest absolute Gasteiger partial charge is 0.497 e. The minimum atomic E-state index is -0.551. The summed E-state index contributed by atoms with van der Waals surface area (Å²) in [5.74, 6) is -0.476. The summed E-state index contributed by atoms with van der Waals surface area (Å²) < 4.78 is 5.25. The van der Waals surface area contributed by atoms with Gasteiger partial charge < -0.3 is 15.4 Å². The number of nitrogens with one attached hydrogen (secondary N) is 2. The van der Waals surface area contributed by atoms with Crippen molar-refractivity contribution in [3.05, 3.63) is 54.1 Å². The van der Waals surface area contributed by atoms with Gasteiger partial charge in [-0.05, 0) is 41.8 Å². The highest BCUT2D eigenvalue weighted by Gasteiger charge is 2.20. The average Bonchev–Trinajstić information content (AvgIpc) is 2.83. The zero-order valence-electron chi connectivity index (χ0n) is 18.5. The Morgan fingerprint density at radius 3 is 2.50 bits per heavy atom. The molecule has 0 saturated heterocycles. The van der Waals surface area contributed by atoms with Gasteiger partial charge in [-0.2, -0.15) is 0 Å². The number of amides is 3. The number of carbonyl (C=O) groups excluding carboxylic acids is 3. The van der Waals surface area contributed by atoms with Gasteiger partial charge in [-0.1, -0.05) is 50.5 Å². The summed E-state index contributed by atoms with van der Waals surface area (Å²) in [5.41, 5.74) is 2.25. The Bertz CT molecular complexity index is 903. The molecule has 1 atom stereocenters. The number of rotatable bonds is 13. The first-order valence-corrected chi connectivity index (χ1v) is 10.7. The summed E-state index contributed by atoms with van der Waals surface area (Å²) in [6.07, 6.45) is 3.58. The standard InChI is InChI=1S/C24H31N3O5/c1-3-4-5-8-21(15-27(31)17-28)24(30)26-16-25-23(29)20-11-6-9-18(13-20)19-10-7-12-22(14-19)32-2/h6-7,9-14,17,21,31H,3-5,8,15-16H2,1-2H3,(H,25,29)(H,26,30)/t21-/m1/s1. The predicted octanol–water partition coefficient (Wildman–Crippen LogP) is 3.21. The molecule has 0 aliphatic carbocycles. The van der Waals surface area contributed by atoms with E-state index >= 15 is 0 Å². The molecule has 8 heteroatoms.